The quantitative estimate of drug-likeness (QED) is 0.925. The van der Waals surface area contributed by atoms with Crippen LogP contribution < -0.4 is 5.32 Å². The summed E-state index contributed by atoms with van der Waals surface area (Å²) in [5.41, 5.74) is -1.67. The number of carbonyl (C=O) groups is 1. The van der Waals surface area contributed by atoms with Gasteiger partial charge in [0.1, 0.15) is 5.60 Å². The van der Waals surface area contributed by atoms with Crippen molar-refractivity contribution in [2.24, 2.45) is 0 Å². The minimum atomic E-state index is -4.25. The largest absolute Gasteiger partial charge is 0.444 e. The Morgan fingerprint density at radius 1 is 1.32 bits per heavy atom. The Bertz CT molecular complexity index is 543. The van der Waals surface area contributed by atoms with Gasteiger partial charge in [0.15, 0.2) is 0 Å². The Balaban J connectivity index is 1.95. The maximum atomic E-state index is 13.0. The van der Waals surface area contributed by atoms with Gasteiger partial charge >= 0.3 is 12.3 Å². The number of alkyl halides is 3. The maximum Gasteiger partial charge on any atom is 0.407 e. The first-order valence-corrected chi connectivity index (χ1v) is 7.02. The topological polar surface area (TPSA) is 51.2 Å². The fourth-order valence-electron chi connectivity index (χ4n) is 2.15. The predicted octanol–water partition coefficient (Wildman–Crippen LogP) is 3.70. The number of amides is 1. The van der Waals surface area contributed by atoms with Crippen molar-refractivity contribution in [2.75, 3.05) is 0 Å². The van der Waals surface area contributed by atoms with Gasteiger partial charge in [0.25, 0.3) is 0 Å². The second kappa shape index (κ2) is 5.44. The summed E-state index contributed by atoms with van der Waals surface area (Å²) < 4.78 is 44.0. The molecule has 1 fully saturated rings. The molecule has 0 bridgehead atoms. The fourth-order valence-corrected chi connectivity index (χ4v) is 2.15. The normalized spacial score (nSPS) is 17.0. The van der Waals surface area contributed by atoms with Gasteiger partial charge in [-0.05, 0) is 45.2 Å². The molecule has 2 rings (SSSR count). The lowest BCUT2D eigenvalue weighted by molar-refractivity contribution is -0.160. The van der Waals surface area contributed by atoms with Crippen LogP contribution in [0.4, 0.5) is 18.0 Å². The van der Waals surface area contributed by atoms with E-state index in [0.29, 0.717) is 5.69 Å². The van der Waals surface area contributed by atoms with Crippen molar-refractivity contribution in [2.45, 2.75) is 57.3 Å². The smallest absolute Gasteiger partial charge is 0.407 e. The second-order valence-corrected chi connectivity index (χ2v) is 6.47. The van der Waals surface area contributed by atoms with Gasteiger partial charge in [-0.1, -0.05) is 6.07 Å². The third kappa shape index (κ3) is 3.69. The number of nitrogens with one attached hydrogen (secondary N) is 1. The minimum Gasteiger partial charge on any atom is -0.444 e. The molecule has 0 aliphatic heterocycles. The van der Waals surface area contributed by atoms with Crippen LogP contribution in [0.5, 0.6) is 0 Å². The zero-order valence-corrected chi connectivity index (χ0v) is 12.8. The molecule has 0 radical (unpaired) electrons. The van der Waals surface area contributed by atoms with Crippen LogP contribution in [0.2, 0.25) is 0 Å². The number of aromatic nitrogens is 1. The number of pyridine rings is 1. The molecule has 1 N–H and O–H groups in total. The van der Waals surface area contributed by atoms with Crippen molar-refractivity contribution in [1.82, 2.24) is 10.3 Å². The van der Waals surface area contributed by atoms with Crippen LogP contribution in [0.25, 0.3) is 0 Å². The molecule has 1 aliphatic carbocycles. The zero-order valence-electron chi connectivity index (χ0n) is 12.8. The van der Waals surface area contributed by atoms with Crippen LogP contribution >= 0.6 is 0 Å². The third-order valence-corrected chi connectivity index (χ3v) is 3.48. The number of halogens is 3. The van der Waals surface area contributed by atoms with E-state index in [9.17, 15) is 18.0 Å². The molecule has 1 saturated carbocycles. The average molecular weight is 316 g/mol. The number of hydrogen-bond donors (Lipinski definition) is 1. The summed E-state index contributed by atoms with van der Waals surface area (Å²) in [7, 11) is 0. The highest BCUT2D eigenvalue weighted by atomic mass is 19.4. The number of hydrogen-bond acceptors (Lipinski definition) is 3. The van der Waals surface area contributed by atoms with Crippen molar-refractivity contribution in [3.8, 4) is 0 Å². The monoisotopic (exact) mass is 316 g/mol. The van der Waals surface area contributed by atoms with E-state index in [-0.39, 0.29) is 24.9 Å². The van der Waals surface area contributed by atoms with E-state index in [4.69, 9.17) is 4.74 Å². The van der Waals surface area contributed by atoms with E-state index in [1.54, 1.807) is 20.8 Å². The second-order valence-electron chi connectivity index (χ2n) is 6.47. The summed E-state index contributed by atoms with van der Waals surface area (Å²) in [6.45, 7) is 5.33. The Morgan fingerprint density at radius 2 is 1.95 bits per heavy atom. The number of alkyl carbamates (subject to hydrolysis) is 1. The molecule has 1 heterocycles. The zero-order chi connectivity index (χ0) is 16.6. The Labute approximate surface area is 127 Å². The molecule has 0 atom stereocenters. The van der Waals surface area contributed by atoms with E-state index in [0.717, 1.165) is 0 Å². The number of rotatable bonds is 3. The van der Waals surface area contributed by atoms with Crippen molar-refractivity contribution in [1.29, 1.82) is 0 Å². The molecular weight excluding hydrogens is 297 g/mol. The van der Waals surface area contributed by atoms with Gasteiger partial charge in [-0.15, -0.1) is 0 Å². The minimum absolute atomic E-state index is 0.105. The summed E-state index contributed by atoms with van der Waals surface area (Å²) in [6, 6.07) is 2.93. The van der Waals surface area contributed by atoms with Crippen LogP contribution in [0.1, 0.15) is 44.9 Å². The number of ether oxygens (including phenoxy) is 1. The van der Waals surface area contributed by atoms with Crippen LogP contribution in [0.3, 0.4) is 0 Å². The lowest BCUT2D eigenvalue weighted by Gasteiger charge is -2.20. The first-order valence-electron chi connectivity index (χ1n) is 7.02. The maximum absolute atomic E-state index is 13.0. The lowest BCUT2D eigenvalue weighted by atomic mass is 9.97. The Kier molecular flexibility index (Phi) is 4.10. The van der Waals surface area contributed by atoms with E-state index >= 15 is 0 Å². The molecule has 122 valence electrons. The number of nitrogens with zero attached hydrogens (tertiary/aromatic N) is 1. The first-order chi connectivity index (χ1) is 10.0. The summed E-state index contributed by atoms with van der Waals surface area (Å²) in [6.07, 6.45) is -3.38. The summed E-state index contributed by atoms with van der Waals surface area (Å²) >= 11 is 0. The Morgan fingerprint density at radius 3 is 2.36 bits per heavy atom. The molecule has 0 unspecified atom stereocenters. The lowest BCUT2D eigenvalue weighted by Crippen LogP contribution is -2.32. The van der Waals surface area contributed by atoms with Crippen molar-refractivity contribution in [3.63, 3.8) is 0 Å². The molecule has 7 heteroatoms. The van der Waals surface area contributed by atoms with Gasteiger partial charge in [0, 0.05) is 6.20 Å². The molecule has 1 aliphatic rings. The van der Waals surface area contributed by atoms with Gasteiger partial charge in [0.05, 0.1) is 17.7 Å². The third-order valence-electron chi connectivity index (χ3n) is 3.48. The molecule has 1 aromatic heterocycles. The standard InChI is InChI=1S/C15H19F3N2O2/c1-13(2,3)22-12(21)20-9-11-5-4-10(8-19-11)14(6-7-14)15(16,17)18/h4-5,8H,6-7,9H2,1-3H3,(H,20,21). The Hall–Kier alpha value is -1.79. The van der Waals surface area contributed by atoms with Crippen molar-refractivity contribution >= 4 is 6.09 Å². The highest BCUT2D eigenvalue weighted by Gasteiger charge is 2.64. The van der Waals surface area contributed by atoms with Gasteiger partial charge in [-0.3, -0.25) is 4.98 Å². The van der Waals surface area contributed by atoms with Crippen LogP contribution in [-0.4, -0.2) is 22.9 Å². The SMILES string of the molecule is CC(C)(C)OC(=O)NCc1ccc(C2(C(F)(F)F)CC2)cn1. The molecular formula is C15H19F3N2O2. The van der Waals surface area contributed by atoms with Crippen LogP contribution in [-0.2, 0) is 16.7 Å². The van der Waals surface area contributed by atoms with Gasteiger partial charge < -0.3 is 10.1 Å². The van der Waals surface area contributed by atoms with E-state index < -0.39 is 23.3 Å². The summed E-state index contributed by atoms with van der Waals surface area (Å²) in [5.74, 6) is 0. The fraction of sp³-hybridized carbons (Fsp3) is 0.600. The van der Waals surface area contributed by atoms with Crippen LogP contribution in [0, 0.1) is 0 Å². The van der Waals surface area contributed by atoms with E-state index in [1.165, 1.54) is 18.3 Å². The molecule has 0 saturated heterocycles. The van der Waals surface area contributed by atoms with Gasteiger partial charge in [-0.2, -0.15) is 13.2 Å². The average Bonchev–Trinajstić information content (AvgIpc) is 3.15. The number of carbonyl (C=O) groups excluding carboxylic acids is 1. The molecule has 0 aromatic carbocycles. The van der Waals surface area contributed by atoms with Crippen LogP contribution in [0.15, 0.2) is 18.3 Å². The predicted molar refractivity (Wildman–Crippen MR) is 74.3 cm³/mol. The molecule has 4 nitrogen and oxygen atoms in total. The molecule has 1 amide bonds. The summed E-state index contributed by atoms with van der Waals surface area (Å²) in [4.78, 5) is 15.5. The van der Waals surface area contributed by atoms with Crippen molar-refractivity contribution < 1.29 is 22.7 Å². The highest BCUT2D eigenvalue weighted by molar-refractivity contribution is 5.67. The molecule has 0 spiro atoms. The van der Waals surface area contributed by atoms with E-state index in [2.05, 4.69) is 10.3 Å². The van der Waals surface area contributed by atoms with Gasteiger partial charge in [0.2, 0.25) is 0 Å². The van der Waals surface area contributed by atoms with Crippen molar-refractivity contribution in [3.05, 3.63) is 29.6 Å². The highest BCUT2D eigenvalue weighted by Crippen LogP contribution is 2.58. The van der Waals surface area contributed by atoms with E-state index in [1.807, 2.05) is 0 Å². The molecule has 1 aromatic rings. The first kappa shape index (κ1) is 16.6. The van der Waals surface area contributed by atoms with Gasteiger partial charge in [-0.25, -0.2) is 4.79 Å². The molecule has 22 heavy (non-hydrogen) atoms. The summed E-state index contributed by atoms with van der Waals surface area (Å²) in [5, 5.41) is 2.51.